The van der Waals surface area contributed by atoms with Gasteiger partial charge in [-0.1, -0.05) is 35.0 Å². The van der Waals surface area contributed by atoms with E-state index in [0.29, 0.717) is 10.0 Å². The van der Waals surface area contributed by atoms with Crippen molar-refractivity contribution < 1.29 is 0 Å². The van der Waals surface area contributed by atoms with Crippen molar-refractivity contribution in [3.05, 3.63) is 45.5 Å². The molecule has 0 aliphatic carbocycles. The Bertz CT molecular complexity index is 780. The van der Waals surface area contributed by atoms with Crippen LogP contribution < -0.4 is 5.73 Å². The van der Waals surface area contributed by atoms with Crippen molar-refractivity contribution in [2.45, 2.75) is 29.3 Å². The van der Waals surface area contributed by atoms with Gasteiger partial charge in [-0.05, 0) is 25.1 Å². The zero-order valence-electron chi connectivity index (χ0n) is 11.2. The highest BCUT2D eigenvalue weighted by Gasteiger charge is 2.16. The molecule has 1 atom stereocenters. The van der Waals surface area contributed by atoms with Crippen LogP contribution in [0.2, 0.25) is 10.0 Å². The minimum absolute atomic E-state index is 0.0814. The van der Waals surface area contributed by atoms with E-state index in [1.54, 1.807) is 29.2 Å². The van der Waals surface area contributed by atoms with E-state index in [4.69, 9.17) is 28.9 Å². The minimum atomic E-state index is 0.0814. The Balaban J connectivity index is 1.98. The molecule has 2 N–H and O–H groups in total. The molecule has 0 spiro atoms. The topological polar surface area (TPSA) is 43.3 Å². The highest BCUT2D eigenvalue weighted by Crippen LogP contribution is 2.35. The molecule has 21 heavy (non-hydrogen) atoms. The van der Waals surface area contributed by atoms with Gasteiger partial charge in [-0.15, -0.1) is 11.3 Å². The summed E-state index contributed by atoms with van der Waals surface area (Å²) in [5.41, 5.74) is 7.10. The molecule has 3 nitrogen and oxygen atoms in total. The van der Waals surface area contributed by atoms with Crippen LogP contribution in [-0.4, -0.2) is 15.4 Å². The number of aromatic nitrogens is 2. The molecule has 0 radical (unpaired) electrons. The van der Waals surface area contributed by atoms with E-state index in [-0.39, 0.29) is 6.04 Å². The number of fused-ring (bicyclic) bond motifs is 1. The molecule has 0 amide bonds. The van der Waals surface area contributed by atoms with Gasteiger partial charge in [0.1, 0.15) is 5.03 Å². The normalized spacial score (nSPS) is 13.0. The quantitative estimate of drug-likeness (QED) is 0.732. The van der Waals surface area contributed by atoms with Crippen LogP contribution >= 0.6 is 46.3 Å². The van der Waals surface area contributed by atoms with E-state index in [0.717, 1.165) is 27.0 Å². The Morgan fingerprint density at radius 3 is 2.90 bits per heavy atom. The summed E-state index contributed by atoms with van der Waals surface area (Å²) in [5, 5.41) is 4.11. The van der Waals surface area contributed by atoms with Crippen molar-refractivity contribution in [1.82, 2.24) is 9.38 Å². The smallest absolute Gasteiger partial charge is 0.194 e. The summed E-state index contributed by atoms with van der Waals surface area (Å²) in [4.78, 5) is 6.68. The van der Waals surface area contributed by atoms with Gasteiger partial charge >= 0.3 is 0 Å². The van der Waals surface area contributed by atoms with Gasteiger partial charge in [0, 0.05) is 28.9 Å². The van der Waals surface area contributed by atoms with Crippen LogP contribution in [0.3, 0.4) is 0 Å². The summed E-state index contributed by atoms with van der Waals surface area (Å²) in [6.45, 7) is 2.00. The number of hydrogen-bond acceptors (Lipinski definition) is 4. The summed E-state index contributed by atoms with van der Waals surface area (Å²) in [6, 6.07) is 5.69. The van der Waals surface area contributed by atoms with Gasteiger partial charge < -0.3 is 5.73 Å². The Morgan fingerprint density at radius 1 is 1.38 bits per heavy atom. The summed E-state index contributed by atoms with van der Waals surface area (Å²) in [5.74, 6) is 0. The molecule has 7 heteroatoms. The summed E-state index contributed by atoms with van der Waals surface area (Å²) >= 11 is 15.2. The first-order valence-corrected chi connectivity index (χ1v) is 8.82. The van der Waals surface area contributed by atoms with Crippen molar-refractivity contribution in [3.63, 3.8) is 0 Å². The van der Waals surface area contributed by atoms with Crippen molar-refractivity contribution >= 4 is 51.3 Å². The van der Waals surface area contributed by atoms with E-state index in [9.17, 15) is 0 Å². The van der Waals surface area contributed by atoms with E-state index < -0.39 is 0 Å². The average Bonchev–Trinajstić information content (AvgIpc) is 2.97. The number of imidazole rings is 1. The summed E-state index contributed by atoms with van der Waals surface area (Å²) in [7, 11) is 0. The van der Waals surface area contributed by atoms with Crippen molar-refractivity contribution in [2.75, 3.05) is 0 Å². The summed E-state index contributed by atoms with van der Waals surface area (Å²) in [6.07, 6.45) is 2.81. The second-order valence-corrected chi connectivity index (χ2v) is 7.53. The number of nitrogens with two attached hydrogens (primary N) is 1. The third-order valence-corrected chi connectivity index (χ3v) is 5.45. The maximum atomic E-state index is 6.07. The molecule has 2 aromatic heterocycles. The van der Waals surface area contributed by atoms with Gasteiger partial charge in [-0.25, -0.2) is 4.98 Å². The number of thiazole rings is 1. The lowest BCUT2D eigenvalue weighted by molar-refractivity contribution is 0.706. The second-order valence-electron chi connectivity index (χ2n) is 4.78. The number of nitrogens with zero attached hydrogens (tertiary/aromatic N) is 2. The van der Waals surface area contributed by atoms with Gasteiger partial charge in [0.05, 0.1) is 15.7 Å². The van der Waals surface area contributed by atoms with E-state index in [1.807, 2.05) is 30.6 Å². The lowest BCUT2D eigenvalue weighted by Crippen LogP contribution is -2.19. The Hall–Kier alpha value is -0.720. The van der Waals surface area contributed by atoms with E-state index in [2.05, 4.69) is 9.38 Å². The van der Waals surface area contributed by atoms with E-state index in [1.165, 1.54) is 0 Å². The lowest BCUT2D eigenvalue weighted by atomic mass is 10.2. The monoisotopic (exact) mass is 357 g/mol. The molecule has 110 valence electrons. The molecule has 3 aromatic rings. The molecule has 1 aromatic carbocycles. The Kier molecular flexibility index (Phi) is 4.47. The average molecular weight is 358 g/mol. The van der Waals surface area contributed by atoms with Gasteiger partial charge in [0.15, 0.2) is 4.96 Å². The van der Waals surface area contributed by atoms with Crippen molar-refractivity contribution in [1.29, 1.82) is 0 Å². The number of rotatable bonds is 4. The molecule has 0 saturated carbocycles. The fraction of sp³-hybridized carbons (Fsp3) is 0.214. The molecule has 0 saturated heterocycles. The molecule has 0 fully saturated rings. The van der Waals surface area contributed by atoms with Crippen molar-refractivity contribution in [2.24, 2.45) is 5.73 Å². The maximum absolute atomic E-state index is 6.07. The molecule has 1 unspecified atom stereocenters. The van der Waals surface area contributed by atoms with Gasteiger partial charge in [0.2, 0.25) is 0 Å². The largest absolute Gasteiger partial charge is 0.328 e. The first-order chi connectivity index (χ1) is 10.0. The Morgan fingerprint density at radius 2 is 2.19 bits per heavy atom. The first-order valence-electron chi connectivity index (χ1n) is 6.37. The van der Waals surface area contributed by atoms with Crippen LogP contribution in [0.4, 0.5) is 0 Å². The van der Waals surface area contributed by atoms with Crippen LogP contribution in [0.1, 0.15) is 12.6 Å². The predicted octanol–water partition coefficient (Wildman–Crippen LogP) is 4.74. The van der Waals surface area contributed by atoms with E-state index >= 15 is 0 Å². The Labute approximate surface area is 141 Å². The van der Waals surface area contributed by atoms with Crippen LogP contribution in [0, 0.1) is 0 Å². The minimum Gasteiger partial charge on any atom is -0.328 e. The molecule has 0 aliphatic rings. The molecular weight excluding hydrogens is 345 g/mol. The van der Waals surface area contributed by atoms with Crippen molar-refractivity contribution in [3.8, 4) is 0 Å². The zero-order valence-corrected chi connectivity index (χ0v) is 14.4. The second kappa shape index (κ2) is 6.18. The number of halogens is 2. The molecule has 2 heterocycles. The number of benzene rings is 1. The van der Waals surface area contributed by atoms with Crippen LogP contribution in [0.15, 0.2) is 39.7 Å². The highest BCUT2D eigenvalue weighted by atomic mass is 35.5. The zero-order chi connectivity index (χ0) is 15.0. The van der Waals surface area contributed by atoms with Crippen LogP contribution in [-0.2, 0) is 6.42 Å². The third-order valence-electron chi connectivity index (χ3n) is 2.95. The van der Waals surface area contributed by atoms with Gasteiger partial charge in [-0.3, -0.25) is 4.40 Å². The SMILES string of the molecule is CC(N)Cc1c(Sc2ccc(Cl)c(Cl)c2)nc2sccn12. The van der Waals surface area contributed by atoms with Crippen LogP contribution in [0.25, 0.3) is 4.96 Å². The van der Waals surface area contributed by atoms with Gasteiger partial charge in [-0.2, -0.15) is 0 Å². The summed E-state index contributed by atoms with van der Waals surface area (Å²) < 4.78 is 2.11. The molecular formula is C14H13Cl2N3S2. The number of hydrogen-bond donors (Lipinski definition) is 1. The molecule has 3 rings (SSSR count). The highest BCUT2D eigenvalue weighted by molar-refractivity contribution is 7.99. The molecule has 0 aliphatic heterocycles. The lowest BCUT2D eigenvalue weighted by Gasteiger charge is -2.07. The fourth-order valence-corrected chi connectivity index (χ4v) is 4.16. The first kappa shape index (κ1) is 15.2. The predicted molar refractivity (Wildman–Crippen MR) is 91.0 cm³/mol. The third kappa shape index (κ3) is 3.22. The fourth-order valence-electron chi connectivity index (χ4n) is 2.04. The molecule has 0 bridgehead atoms. The van der Waals surface area contributed by atoms with Gasteiger partial charge in [0.25, 0.3) is 0 Å². The maximum Gasteiger partial charge on any atom is 0.194 e. The van der Waals surface area contributed by atoms with Crippen LogP contribution in [0.5, 0.6) is 0 Å². The standard InChI is InChI=1S/C14H13Cl2N3S2/c1-8(17)6-12-13(18-14-19(12)4-5-20-14)21-9-2-3-10(15)11(16)7-9/h2-5,7-8H,6,17H2,1H3.